The molecule has 0 unspecified atom stereocenters. The molecule has 0 aromatic heterocycles. The summed E-state index contributed by atoms with van der Waals surface area (Å²) >= 11 is 0. The number of benzene rings is 1. The fourth-order valence-corrected chi connectivity index (χ4v) is 12.1. The number of hydrogen-bond donors (Lipinski definition) is 16. The van der Waals surface area contributed by atoms with Crippen molar-refractivity contribution in [1.82, 2.24) is 72.8 Å². The fourth-order valence-electron chi connectivity index (χ4n) is 12.1. The summed E-state index contributed by atoms with van der Waals surface area (Å²) < 4.78 is 0. The number of carboxylic acid groups (broad SMARTS) is 3. The summed E-state index contributed by atoms with van der Waals surface area (Å²) in [7, 11) is 0. The van der Waals surface area contributed by atoms with E-state index in [-0.39, 0.29) is 83.6 Å². The second-order valence-electron chi connectivity index (χ2n) is 25.2. The lowest BCUT2D eigenvalue weighted by atomic mass is 10.0. The van der Waals surface area contributed by atoms with Crippen LogP contribution in [0.2, 0.25) is 0 Å². The molecule has 4 saturated heterocycles. The summed E-state index contributed by atoms with van der Waals surface area (Å²) in [5.41, 5.74) is 17.2. The van der Waals surface area contributed by atoms with E-state index in [0.29, 0.717) is 25.7 Å². The number of carboxylic acids is 3. The van der Waals surface area contributed by atoms with Gasteiger partial charge in [-0.1, -0.05) is 44.2 Å². The number of nitrogens with two attached hydrogens (primary N) is 3. The van der Waals surface area contributed by atoms with E-state index >= 15 is 0 Å². The summed E-state index contributed by atoms with van der Waals surface area (Å²) in [5, 5.41) is 52.7. The first-order valence-electron chi connectivity index (χ1n) is 33.5. The molecule has 4 fully saturated rings. The summed E-state index contributed by atoms with van der Waals surface area (Å²) in [5.74, 6) is -16.1. The number of likely N-dealkylation sites (tertiary alicyclic amines) is 4. The number of guanidine groups is 1. The van der Waals surface area contributed by atoms with Crippen molar-refractivity contribution in [3.05, 3.63) is 35.9 Å². The van der Waals surface area contributed by atoms with Crippen molar-refractivity contribution >= 4 is 107 Å². The summed E-state index contributed by atoms with van der Waals surface area (Å²) in [6.45, 7) is 1.58. The summed E-state index contributed by atoms with van der Waals surface area (Å²) in [6.07, 6.45) is 0.115. The van der Waals surface area contributed by atoms with Gasteiger partial charge in [0.1, 0.15) is 60.4 Å². The topological polar surface area (TPSA) is 575 Å². The first-order valence-corrected chi connectivity index (χ1v) is 33.5. The predicted octanol–water partition coefficient (Wildman–Crippen LogP) is -6.93. The van der Waals surface area contributed by atoms with Gasteiger partial charge in [0.05, 0.1) is 32.7 Å². The van der Waals surface area contributed by atoms with Crippen LogP contribution in [0.25, 0.3) is 0 Å². The van der Waals surface area contributed by atoms with Gasteiger partial charge in [-0.05, 0) is 95.5 Å². The molecule has 38 heteroatoms. The average molecular weight is 1420 g/mol. The monoisotopic (exact) mass is 1420 g/mol. The molecule has 19 N–H and O–H groups in total. The normalized spacial score (nSPS) is 18.8. The van der Waals surface area contributed by atoms with Crippen LogP contribution in [-0.2, 0) is 87.9 Å². The van der Waals surface area contributed by atoms with Crippen molar-refractivity contribution in [2.45, 2.75) is 178 Å². The number of carbonyl (C=O) groups is 17. The zero-order valence-electron chi connectivity index (χ0n) is 56.7. The minimum atomic E-state index is -1.63. The van der Waals surface area contributed by atoms with Gasteiger partial charge in [0.2, 0.25) is 82.7 Å². The third kappa shape index (κ3) is 25.3. The molecule has 0 aliphatic carbocycles. The highest BCUT2D eigenvalue weighted by molar-refractivity contribution is 5.99. The van der Waals surface area contributed by atoms with Crippen molar-refractivity contribution in [1.29, 1.82) is 0 Å². The molecule has 5 rings (SSSR count). The van der Waals surface area contributed by atoms with Gasteiger partial charge in [-0.3, -0.25) is 86.5 Å². The van der Waals surface area contributed by atoms with Crippen LogP contribution in [-0.4, -0.2) is 267 Å². The molecular formula is C63H94N18O20. The average Bonchev–Trinajstić information content (AvgIpc) is 1.69. The van der Waals surface area contributed by atoms with E-state index in [1.54, 1.807) is 30.3 Å². The molecule has 4 heterocycles. The Balaban J connectivity index is 1.16. The summed E-state index contributed by atoms with van der Waals surface area (Å²) in [6, 6.07) is -3.79. The van der Waals surface area contributed by atoms with Gasteiger partial charge >= 0.3 is 17.9 Å². The van der Waals surface area contributed by atoms with Crippen molar-refractivity contribution in [2.24, 2.45) is 28.1 Å². The largest absolute Gasteiger partial charge is 0.481 e. The number of hydrogen-bond acceptors (Lipinski definition) is 19. The van der Waals surface area contributed by atoms with Crippen LogP contribution < -0.4 is 70.4 Å². The number of aliphatic carboxylic acids is 3. The van der Waals surface area contributed by atoms with Gasteiger partial charge < -0.3 is 105 Å². The van der Waals surface area contributed by atoms with E-state index < -0.39 is 225 Å². The first kappa shape index (κ1) is 81.1. The third-order valence-corrected chi connectivity index (χ3v) is 17.3. The standard InChI is InChI=1S/C63H94N18O20/c1-34(2)52(59(97)76-38(19-21-50(87)88)54(92)70-32-49(86)79-25-11-18-44(79)61(99)81-27-10-16-42(81)57(95)71-33-48(85)78-24-8-17-43(78)58(96)72-35(3)62(100)101)77-47(84)31-68-53(91)37(14-7-23-67-63(65)66)75-55(93)39(20-22-51(89)90)73-46(83)30-69-56(94)41-15-9-26-80(41)60(98)40(74-45(82)29-64)28-36-12-5-4-6-13-36/h4-6,12-13,34-35,37-44,52H,7-11,14-33,64H2,1-3H3,(H,68,91)(H,69,94)(H,70,92)(H,71,95)(H,72,96)(H,73,83)(H,74,82)(H,75,93)(H,76,97)(H,77,84)(H,87,88)(H,89,90)(H,100,101)(H4,65,66,67)/t35-,37-,38-,39-,40-,41-,42-,43-,44-,52-/m0/s1. The number of aliphatic imine (C=N–C) groups is 1. The molecule has 38 nitrogen and oxygen atoms in total. The zero-order chi connectivity index (χ0) is 74.6. The Labute approximate surface area is 581 Å². The van der Waals surface area contributed by atoms with Gasteiger partial charge in [0.15, 0.2) is 5.96 Å². The van der Waals surface area contributed by atoms with E-state index in [9.17, 15) is 96.8 Å². The Kier molecular flexibility index (Phi) is 32.0. The van der Waals surface area contributed by atoms with Crippen LogP contribution >= 0.6 is 0 Å². The lowest BCUT2D eigenvalue weighted by molar-refractivity contribution is -0.147. The number of carbonyl (C=O) groups excluding carboxylic acids is 14. The molecule has 10 atom stereocenters. The second kappa shape index (κ2) is 39.9. The molecule has 0 saturated carbocycles. The van der Waals surface area contributed by atoms with Crippen molar-refractivity contribution < 1.29 is 96.8 Å². The highest BCUT2D eigenvalue weighted by Crippen LogP contribution is 2.26. The van der Waals surface area contributed by atoms with Crippen molar-refractivity contribution in [3.8, 4) is 0 Å². The maximum atomic E-state index is 14.1. The zero-order valence-corrected chi connectivity index (χ0v) is 56.7. The van der Waals surface area contributed by atoms with E-state index in [1.807, 2.05) is 0 Å². The molecule has 1 aromatic rings. The van der Waals surface area contributed by atoms with Crippen LogP contribution in [0.4, 0.5) is 0 Å². The molecule has 1 aromatic carbocycles. The van der Waals surface area contributed by atoms with Crippen molar-refractivity contribution in [3.63, 3.8) is 0 Å². The SMILES string of the molecule is CC(C)[C@H](NC(=O)CNC(=O)[C@H](CCCN=C(N)N)NC(=O)[C@H](CCC(=O)O)NC(=O)CNC(=O)[C@@H]1CCCN1C(=O)[C@H](Cc1ccccc1)NC(=O)CN)C(=O)N[C@@H](CCC(=O)O)C(=O)NCC(=O)N1CCC[C@H]1C(=O)N1CCC[C@H]1C(=O)NCC(=O)N1CCC[C@H]1C(=O)N[C@@H](C)C(=O)O. The van der Waals surface area contributed by atoms with E-state index in [0.717, 1.165) is 5.56 Å². The first-order chi connectivity index (χ1) is 47.9. The van der Waals surface area contributed by atoms with Crippen LogP contribution in [0.3, 0.4) is 0 Å². The Morgan fingerprint density at radius 1 is 0.495 bits per heavy atom. The maximum absolute atomic E-state index is 14.1. The fraction of sp³-hybridized carbons (Fsp3) is 0.619. The Morgan fingerprint density at radius 2 is 0.950 bits per heavy atom. The minimum Gasteiger partial charge on any atom is -0.481 e. The molecule has 101 heavy (non-hydrogen) atoms. The molecular weight excluding hydrogens is 1330 g/mol. The quantitative estimate of drug-likeness (QED) is 0.0166. The van der Waals surface area contributed by atoms with Gasteiger partial charge in [-0.15, -0.1) is 0 Å². The molecule has 0 radical (unpaired) electrons. The smallest absolute Gasteiger partial charge is 0.325 e. The van der Waals surface area contributed by atoms with Gasteiger partial charge in [-0.25, -0.2) is 0 Å². The van der Waals surface area contributed by atoms with Crippen LogP contribution in [0.15, 0.2) is 35.3 Å². The van der Waals surface area contributed by atoms with Crippen molar-refractivity contribution in [2.75, 3.05) is 65.4 Å². The molecule has 4 aliphatic rings. The van der Waals surface area contributed by atoms with Gasteiger partial charge in [-0.2, -0.15) is 0 Å². The van der Waals surface area contributed by atoms with Crippen LogP contribution in [0, 0.1) is 5.92 Å². The molecule has 0 bridgehead atoms. The number of amides is 14. The van der Waals surface area contributed by atoms with E-state index in [1.165, 1.54) is 40.4 Å². The van der Waals surface area contributed by atoms with Gasteiger partial charge in [0, 0.05) is 52.0 Å². The highest BCUT2D eigenvalue weighted by atomic mass is 16.4. The lowest BCUT2D eigenvalue weighted by Gasteiger charge is -2.31. The molecule has 4 aliphatic heterocycles. The van der Waals surface area contributed by atoms with Crippen LogP contribution in [0.5, 0.6) is 0 Å². The van der Waals surface area contributed by atoms with Gasteiger partial charge in [0.25, 0.3) is 0 Å². The number of nitrogens with one attached hydrogen (secondary N) is 10. The molecule has 0 spiro atoms. The van der Waals surface area contributed by atoms with E-state index in [4.69, 9.17) is 17.2 Å². The minimum absolute atomic E-state index is 0.0353. The molecule has 556 valence electrons. The third-order valence-electron chi connectivity index (χ3n) is 17.3. The Bertz CT molecular complexity index is 3240. The Hall–Kier alpha value is -10.6. The predicted molar refractivity (Wildman–Crippen MR) is 354 cm³/mol. The highest BCUT2D eigenvalue weighted by Gasteiger charge is 2.44. The number of rotatable bonds is 38. The van der Waals surface area contributed by atoms with E-state index in [2.05, 4.69) is 58.2 Å². The van der Waals surface area contributed by atoms with Crippen LogP contribution in [0.1, 0.15) is 116 Å². The second-order valence-corrected chi connectivity index (χ2v) is 25.2. The number of nitrogens with zero attached hydrogens (tertiary/aromatic N) is 5. The molecule has 14 amide bonds. The Morgan fingerprint density at radius 3 is 1.50 bits per heavy atom. The summed E-state index contributed by atoms with van der Waals surface area (Å²) in [4.78, 5) is 233. The maximum Gasteiger partial charge on any atom is 0.325 e. The lowest BCUT2D eigenvalue weighted by Crippen LogP contribution is -2.58.